The van der Waals surface area contributed by atoms with E-state index in [1.165, 1.54) is 15.4 Å². The molecule has 3 heterocycles. The van der Waals surface area contributed by atoms with Crippen LogP contribution >= 0.6 is 0 Å². The van der Waals surface area contributed by atoms with Crippen molar-refractivity contribution in [2.75, 3.05) is 39.8 Å². The van der Waals surface area contributed by atoms with Crippen molar-refractivity contribution in [3.8, 4) is 0 Å². The quantitative estimate of drug-likeness (QED) is 0.581. The van der Waals surface area contributed by atoms with Gasteiger partial charge < -0.3 is 20.4 Å². The summed E-state index contributed by atoms with van der Waals surface area (Å²) in [6.07, 6.45) is 2.18. The van der Waals surface area contributed by atoms with Crippen LogP contribution in [0.4, 0.5) is 4.79 Å². The van der Waals surface area contributed by atoms with Gasteiger partial charge in [0.25, 0.3) is 5.91 Å². The molecule has 188 valence electrons. The van der Waals surface area contributed by atoms with Crippen molar-refractivity contribution >= 4 is 23.8 Å². The maximum Gasteiger partial charge on any atom is 0.322 e. The van der Waals surface area contributed by atoms with Crippen molar-refractivity contribution in [1.82, 2.24) is 25.3 Å². The lowest BCUT2D eigenvalue weighted by Crippen LogP contribution is -2.45. The Labute approximate surface area is 206 Å². The van der Waals surface area contributed by atoms with Crippen molar-refractivity contribution in [3.05, 3.63) is 46.7 Å². The van der Waals surface area contributed by atoms with Gasteiger partial charge in [-0.05, 0) is 29.4 Å². The molecule has 0 aromatic heterocycles. The van der Waals surface area contributed by atoms with E-state index < -0.39 is 6.04 Å². The molecular weight excluding hydrogens is 446 g/mol. The average Bonchev–Trinajstić information content (AvgIpc) is 3.36. The summed E-state index contributed by atoms with van der Waals surface area (Å²) in [5.41, 5.74) is 3.14. The molecule has 1 atom stereocenters. The summed E-state index contributed by atoms with van der Waals surface area (Å²) >= 11 is 0. The molecule has 1 saturated heterocycles. The highest BCUT2D eigenvalue weighted by Crippen LogP contribution is 2.36. The van der Waals surface area contributed by atoms with Gasteiger partial charge in [-0.1, -0.05) is 45.0 Å². The minimum absolute atomic E-state index is 0.00364. The van der Waals surface area contributed by atoms with Crippen molar-refractivity contribution in [1.29, 1.82) is 0 Å². The molecule has 9 nitrogen and oxygen atoms in total. The maximum atomic E-state index is 13.3. The second-order valence-electron chi connectivity index (χ2n) is 10.5. The Morgan fingerprint density at radius 3 is 2.46 bits per heavy atom. The van der Waals surface area contributed by atoms with Crippen LogP contribution in [0.1, 0.15) is 57.2 Å². The lowest BCUT2D eigenvalue weighted by atomic mass is 9.85. The summed E-state index contributed by atoms with van der Waals surface area (Å²) < 4.78 is 0. The van der Waals surface area contributed by atoms with Crippen LogP contribution in [-0.4, -0.2) is 78.2 Å². The van der Waals surface area contributed by atoms with E-state index in [-0.39, 0.29) is 42.3 Å². The summed E-state index contributed by atoms with van der Waals surface area (Å²) in [4.78, 5) is 55.0. The number of likely N-dealkylation sites (N-methyl/N-ethyl adjacent to an activating group) is 1. The number of rotatable bonds is 7. The number of carbonyl (C=O) groups excluding carboxylic acids is 4. The van der Waals surface area contributed by atoms with Gasteiger partial charge in [-0.2, -0.15) is 0 Å². The number of hydrogen-bond donors (Lipinski definition) is 2. The first kappa shape index (κ1) is 24.8. The average molecular weight is 482 g/mol. The summed E-state index contributed by atoms with van der Waals surface area (Å²) in [5.74, 6) is -0.320. The monoisotopic (exact) mass is 481 g/mol. The fourth-order valence-corrected chi connectivity index (χ4v) is 4.84. The molecule has 1 aromatic rings. The van der Waals surface area contributed by atoms with Gasteiger partial charge in [0.15, 0.2) is 0 Å². The molecule has 2 N–H and O–H groups in total. The zero-order chi connectivity index (χ0) is 25.3. The molecule has 0 aliphatic carbocycles. The van der Waals surface area contributed by atoms with E-state index in [0.29, 0.717) is 37.2 Å². The van der Waals surface area contributed by atoms with E-state index in [4.69, 9.17) is 0 Å². The molecule has 0 saturated carbocycles. The number of urea groups is 1. The van der Waals surface area contributed by atoms with Crippen LogP contribution in [0.15, 0.2) is 35.5 Å². The lowest BCUT2D eigenvalue weighted by molar-refractivity contribution is -0.132. The van der Waals surface area contributed by atoms with Crippen molar-refractivity contribution < 1.29 is 19.2 Å². The highest BCUT2D eigenvalue weighted by molar-refractivity contribution is 6.02. The Balaban J connectivity index is 1.39. The fraction of sp³-hybridized carbons (Fsp3) is 0.538. The summed E-state index contributed by atoms with van der Waals surface area (Å²) in [7, 11) is 1.64. The first-order valence-electron chi connectivity index (χ1n) is 12.3. The third kappa shape index (κ3) is 5.18. The number of carbonyl (C=O) groups is 4. The summed E-state index contributed by atoms with van der Waals surface area (Å²) in [5, 5.41) is 5.79. The van der Waals surface area contributed by atoms with E-state index in [0.717, 1.165) is 18.5 Å². The molecule has 3 aliphatic rings. The second-order valence-corrected chi connectivity index (χ2v) is 10.5. The smallest absolute Gasteiger partial charge is 0.322 e. The number of benzene rings is 1. The Bertz CT molecular complexity index is 1060. The number of nitrogens with zero attached hydrogens (tertiary/aromatic N) is 3. The molecule has 35 heavy (non-hydrogen) atoms. The van der Waals surface area contributed by atoms with Crippen LogP contribution in [0.25, 0.3) is 0 Å². The molecule has 0 bridgehead atoms. The number of likely N-dealkylation sites (tertiary alicyclic amines) is 1. The zero-order valence-electron chi connectivity index (χ0n) is 21.0. The third-order valence-corrected chi connectivity index (χ3v) is 6.98. The van der Waals surface area contributed by atoms with Crippen LogP contribution in [-0.2, 0) is 19.8 Å². The Morgan fingerprint density at radius 1 is 1.11 bits per heavy atom. The minimum Gasteiger partial charge on any atom is -0.354 e. The number of hydrogen-bond acceptors (Lipinski definition) is 4. The van der Waals surface area contributed by atoms with E-state index in [1.54, 1.807) is 7.05 Å². The van der Waals surface area contributed by atoms with E-state index in [9.17, 15) is 19.2 Å². The summed E-state index contributed by atoms with van der Waals surface area (Å²) in [6, 6.07) is 7.14. The van der Waals surface area contributed by atoms with E-state index in [1.807, 2.05) is 29.2 Å². The molecule has 9 heteroatoms. The predicted molar refractivity (Wildman–Crippen MR) is 131 cm³/mol. The molecular formula is C26H35N5O4. The topological polar surface area (TPSA) is 102 Å². The molecule has 0 radical (unpaired) electrons. The Kier molecular flexibility index (Phi) is 6.87. The van der Waals surface area contributed by atoms with Gasteiger partial charge in [-0.15, -0.1) is 0 Å². The van der Waals surface area contributed by atoms with Crippen LogP contribution in [0.3, 0.4) is 0 Å². The molecule has 0 spiro atoms. The molecule has 4 rings (SSSR count). The highest BCUT2D eigenvalue weighted by Gasteiger charge is 2.43. The first-order valence-corrected chi connectivity index (χ1v) is 12.3. The standard InChI is InChI=1S/C26H35N5O4/c1-26(2,3)18-10-8-17(9-11-18)23-22-19(29(4)25(35)28-23)15-31(24(22)34)16-20(32)27-12-6-14-30-13-5-7-21(30)33/h8-11,23H,5-7,12-16H2,1-4H3,(H,27,32)(H,28,35). The van der Waals surface area contributed by atoms with Gasteiger partial charge in [0.05, 0.1) is 23.9 Å². The Morgan fingerprint density at radius 2 is 1.83 bits per heavy atom. The third-order valence-electron chi connectivity index (χ3n) is 6.98. The minimum atomic E-state index is -0.554. The largest absolute Gasteiger partial charge is 0.354 e. The van der Waals surface area contributed by atoms with Crippen LogP contribution in [0.2, 0.25) is 0 Å². The molecule has 5 amide bonds. The van der Waals surface area contributed by atoms with Gasteiger partial charge in [0.1, 0.15) is 6.54 Å². The van der Waals surface area contributed by atoms with Crippen LogP contribution < -0.4 is 10.6 Å². The number of nitrogens with one attached hydrogen (secondary N) is 2. The van der Waals surface area contributed by atoms with E-state index in [2.05, 4.69) is 31.4 Å². The van der Waals surface area contributed by atoms with Gasteiger partial charge >= 0.3 is 6.03 Å². The molecule has 1 aromatic carbocycles. The lowest BCUT2D eigenvalue weighted by Gasteiger charge is -2.31. The van der Waals surface area contributed by atoms with Gasteiger partial charge in [0.2, 0.25) is 11.8 Å². The maximum absolute atomic E-state index is 13.3. The normalized spacial score (nSPS) is 20.5. The van der Waals surface area contributed by atoms with E-state index >= 15 is 0 Å². The summed E-state index contributed by atoms with van der Waals surface area (Å²) in [6.45, 7) is 8.40. The van der Waals surface area contributed by atoms with Gasteiger partial charge in [-0.25, -0.2) is 4.79 Å². The van der Waals surface area contributed by atoms with Crippen LogP contribution in [0, 0.1) is 0 Å². The SMILES string of the molecule is CN1C(=O)NC(c2ccc(C(C)(C)C)cc2)C2=C1CN(CC(=O)NCCCN1CCCC1=O)C2=O. The molecule has 3 aliphatic heterocycles. The van der Waals surface area contributed by atoms with Crippen LogP contribution in [0.5, 0.6) is 0 Å². The predicted octanol–water partition coefficient (Wildman–Crippen LogP) is 1.91. The second kappa shape index (κ2) is 9.71. The van der Waals surface area contributed by atoms with Gasteiger partial charge in [0, 0.05) is 33.1 Å². The Hall–Kier alpha value is -3.36. The highest BCUT2D eigenvalue weighted by atomic mass is 16.2. The zero-order valence-corrected chi connectivity index (χ0v) is 21.0. The first-order chi connectivity index (χ1) is 16.6. The molecule has 1 fully saturated rings. The number of amides is 5. The fourth-order valence-electron chi connectivity index (χ4n) is 4.84. The van der Waals surface area contributed by atoms with Crippen molar-refractivity contribution in [2.45, 2.75) is 51.5 Å². The van der Waals surface area contributed by atoms with Crippen molar-refractivity contribution in [2.24, 2.45) is 0 Å². The van der Waals surface area contributed by atoms with Gasteiger partial charge in [-0.3, -0.25) is 19.3 Å². The molecule has 1 unspecified atom stereocenters. The van der Waals surface area contributed by atoms with Crippen molar-refractivity contribution in [3.63, 3.8) is 0 Å².